The number of fused-ring (bicyclic) bond motifs is 1. The van der Waals surface area contributed by atoms with Crippen molar-refractivity contribution in [3.63, 3.8) is 0 Å². The van der Waals surface area contributed by atoms with Gasteiger partial charge in [-0.1, -0.05) is 0 Å². The quantitative estimate of drug-likeness (QED) is 0.900. The monoisotopic (exact) mass is 332 g/mol. The SMILES string of the molecule is CC(C)N1CCC[C@H](CCNC(=O)c2coc3c2C(=O)CCC3)C1. The van der Waals surface area contributed by atoms with Gasteiger partial charge in [-0.15, -0.1) is 0 Å². The van der Waals surface area contributed by atoms with Crippen molar-refractivity contribution in [1.82, 2.24) is 10.2 Å². The highest BCUT2D eigenvalue weighted by atomic mass is 16.3. The van der Waals surface area contributed by atoms with Gasteiger partial charge in [0.15, 0.2) is 5.78 Å². The molecular formula is C19H28N2O3. The van der Waals surface area contributed by atoms with Crippen LogP contribution in [0.5, 0.6) is 0 Å². The van der Waals surface area contributed by atoms with Gasteiger partial charge in [0.25, 0.3) is 5.91 Å². The maximum Gasteiger partial charge on any atom is 0.255 e. The predicted molar refractivity (Wildman–Crippen MR) is 92.4 cm³/mol. The van der Waals surface area contributed by atoms with Gasteiger partial charge in [0, 0.05) is 32.0 Å². The number of nitrogens with zero attached hydrogens (tertiary/aromatic N) is 1. The van der Waals surface area contributed by atoms with Crippen molar-refractivity contribution in [3.8, 4) is 0 Å². The number of likely N-dealkylation sites (tertiary alicyclic amines) is 1. The third kappa shape index (κ3) is 3.72. The highest BCUT2D eigenvalue weighted by Gasteiger charge is 2.28. The van der Waals surface area contributed by atoms with E-state index in [1.165, 1.54) is 25.6 Å². The number of amides is 1. The number of hydrogen-bond acceptors (Lipinski definition) is 4. The second-order valence-electron chi connectivity index (χ2n) is 7.37. The van der Waals surface area contributed by atoms with Gasteiger partial charge < -0.3 is 14.6 Å². The van der Waals surface area contributed by atoms with Crippen LogP contribution in [0.3, 0.4) is 0 Å². The van der Waals surface area contributed by atoms with Crippen molar-refractivity contribution in [2.75, 3.05) is 19.6 Å². The number of aryl methyl sites for hydroxylation is 1. The molecule has 1 fully saturated rings. The summed E-state index contributed by atoms with van der Waals surface area (Å²) in [6.45, 7) is 7.44. The molecule has 0 bridgehead atoms. The van der Waals surface area contributed by atoms with Crippen molar-refractivity contribution in [2.45, 2.75) is 58.4 Å². The summed E-state index contributed by atoms with van der Waals surface area (Å²) in [5.74, 6) is 1.18. The van der Waals surface area contributed by atoms with Crippen molar-refractivity contribution < 1.29 is 14.0 Å². The van der Waals surface area contributed by atoms with E-state index in [-0.39, 0.29) is 11.7 Å². The lowest BCUT2D eigenvalue weighted by molar-refractivity contribution is 0.0921. The first-order valence-electron chi connectivity index (χ1n) is 9.22. The fourth-order valence-corrected chi connectivity index (χ4v) is 3.88. The Labute approximate surface area is 143 Å². The Bertz CT molecular complexity index is 606. The molecule has 1 saturated heterocycles. The summed E-state index contributed by atoms with van der Waals surface area (Å²) in [6, 6.07) is 0.589. The van der Waals surface area contributed by atoms with Crippen LogP contribution in [0.1, 0.15) is 72.4 Å². The van der Waals surface area contributed by atoms with Crippen LogP contribution in [0.2, 0.25) is 0 Å². The molecule has 1 aliphatic heterocycles. The summed E-state index contributed by atoms with van der Waals surface area (Å²) >= 11 is 0. The topological polar surface area (TPSA) is 62.6 Å². The zero-order valence-corrected chi connectivity index (χ0v) is 14.8. The maximum absolute atomic E-state index is 12.4. The molecule has 0 unspecified atom stereocenters. The van der Waals surface area contributed by atoms with Crippen LogP contribution in [0.15, 0.2) is 10.7 Å². The lowest BCUT2D eigenvalue weighted by Crippen LogP contribution is -2.41. The molecule has 24 heavy (non-hydrogen) atoms. The van der Waals surface area contributed by atoms with Crippen LogP contribution in [0.4, 0.5) is 0 Å². The molecule has 1 N–H and O–H groups in total. The van der Waals surface area contributed by atoms with E-state index in [9.17, 15) is 9.59 Å². The summed E-state index contributed by atoms with van der Waals surface area (Å²) in [4.78, 5) is 27.0. The minimum atomic E-state index is -0.174. The Balaban J connectivity index is 1.51. The number of hydrogen-bond donors (Lipinski definition) is 1. The average Bonchev–Trinajstić information content (AvgIpc) is 3.00. The fourth-order valence-electron chi connectivity index (χ4n) is 3.88. The molecule has 1 aromatic rings. The van der Waals surface area contributed by atoms with Gasteiger partial charge >= 0.3 is 0 Å². The molecule has 132 valence electrons. The van der Waals surface area contributed by atoms with E-state index in [4.69, 9.17) is 4.42 Å². The molecule has 1 atom stereocenters. The molecule has 0 spiro atoms. The summed E-state index contributed by atoms with van der Waals surface area (Å²) < 4.78 is 5.43. The van der Waals surface area contributed by atoms with Crippen LogP contribution < -0.4 is 5.32 Å². The first kappa shape index (κ1) is 17.2. The second kappa shape index (κ2) is 7.51. The number of nitrogens with one attached hydrogen (secondary N) is 1. The van der Waals surface area contributed by atoms with Crippen LogP contribution in [0.25, 0.3) is 0 Å². The van der Waals surface area contributed by atoms with Gasteiger partial charge in [-0.05, 0) is 52.0 Å². The Hall–Kier alpha value is -1.62. The van der Waals surface area contributed by atoms with Crippen LogP contribution in [-0.2, 0) is 6.42 Å². The van der Waals surface area contributed by atoms with Gasteiger partial charge in [0.05, 0.1) is 11.1 Å². The number of carbonyl (C=O) groups excluding carboxylic acids is 2. The third-order valence-corrected chi connectivity index (χ3v) is 5.32. The van der Waals surface area contributed by atoms with Gasteiger partial charge in [-0.25, -0.2) is 0 Å². The summed E-state index contributed by atoms with van der Waals surface area (Å²) in [5, 5.41) is 2.98. The van der Waals surface area contributed by atoms with Gasteiger partial charge in [-0.2, -0.15) is 0 Å². The molecule has 2 heterocycles. The third-order valence-electron chi connectivity index (χ3n) is 5.32. The zero-order chi connectivity index (χ0) is 17.1. The first-order chi connectivity index (χ1) is 11.6. The van der Waals surface area contributed by atoms with E-state index >= 15 is 0 Å². The van der Waals surface area contributed by atoms with Crippen molar-refractivity contribution in [2.24, 2.45) is 5.92 Å². The van der Waals surface area contributed by atoms with E-state index < -0.39 is 0 Å². The number of piperidine rings is 1. The Kier molecular flexibility index (Phi) is 5.39. The Morgan fingerprint density at radius 3 is 3.00 bits per heavy atom. The molecule has 1 aliphatic carbocycles. The number of carbonyl (C=O) groups is 2. The largest absolute Gasteiger partial charge is 0.468 e. The van der Waals surface area contributed by atoms with E-state index in [1.807, 2.05) is 0 Å². The van der Waals surface area contributed by atoms with Gasteiger partial charge in [0.2, 0.25) is 0 Å². The molecule has 0 aromatic carbocycles. The number of furan rings is 1. The predicted octanol–water partition coefficient (Wildman–Crippen LogP) is 3.04. The Morgan fingerprint density at radius 1 is 1.38 bits per heavy atom. The molecule has 0 radical (unpaired) electrons. The summed E-state index contributed by atoms with van der Waals surface area (Å²) in [5.41, 5.74) is 0.935. The van der Waals surface area contributed by atoms with Crippen LogP contribution in [0, 0.1) is 5.92 Å². The normalized spacial score (nSPS) is 21.8. The molecule has 1 amide bonds. The zero-order valence-electron chi connectivity index (χ0n) is 14.8. The summed E-state index contributed by atoms with van der Waals surface area (Å²) in [6.07, 6.45) is 6.99. The molecule has 1 aromatic heterocycles. The number of ketones is 1. The van der Waals surface area contributed by atoms with Gasteiger partial charge in [-0.3, -0.25) is 9.59 Å². The summed E-state index contributed by atoms with van der Waals surface area (Å²) in [7, 11) is 0. The van der Waals surface area contributed by atoms with E-state index in [0.29, 0.717) is 41.8 Å². The van der Waals surface area contributed by atoms with Gasteiger partial charge in [0.1, 0.15) is 12.0 Å². The lowest BCUT2D eigenvalue weighted by Gasteiger charge is -2.35. The standard InChI is InChI=1S/C19H28N2O3/c1-13(2)21-10-4-5-14(11-21)8-9-20-19(23)15-12-24-17-7-3-6-16(22)18(15)17/h12-14H,3-11H2,1-2H3,(H,20,23)/t14-/m1/s1. The van der Waals surface area contributed by atoms with Crippen LogP contribution in [-0.4, -0.2) is 42.3 Å². The van der Waals surface area contributed by atoms with E-state index in [2.05, 4.69) is 24.1 Å². The Morgan fingerprint density at radius 2 is 2.21 bits per heavy atom. The van der Waals surface area contributed by atoms with E-state index in [1.54, 1.807) is 0 Å². The second-order valence-corrected chi connectivity index (χ2v) is 7.37. The first-order valence-corrected chi connectivity index (χ1v) is 9.22. The van der Waals surface area contributed by atoms with Crippen LogP contribution >= 0.6 is 0 Å². The molecule has 0 saturated carbocycles. The number of Topliss-reactive ketones (excluding diaryl/α,β-unsaturated/α-hetero) is 1. The maximum atomic E-state index is 12.4. The molecule has 2 aliphatic rings. The molecule has 5 heteroatoms. The van der Waals surface area contributed by atoms with Crippen molar-refractivity contribution in [1.29, 1.82) is 0 Å². The highest BCUT2D eigenvalue weighted by Crippen LogP contribution is 2.26. The number of rotatable bonds is 5. The smallest absolute Gasteiger partial charge is 0.255 e. The minimum Gasteiger partial charge on any atom is -0.468 e. The average molecular weight is 332 g/mol. The molecule has 3 rings (SSSR count). The molecular weight excluding hydrogens is 304 g/mol. The fraction of sp³-hybridized carbons (Fsp3) is 0.684. The molecule has 5 nitrogen and oxygen atoms in total. The van der Waals surface area contributed by atoms with Crippen molar-refractivity contribution >= 4 is 11.7 Å². The van der Waals surface area contributed by atoms with Crippen molar-refractivity contribution in [3.05, 3.63) is 23.2 Å². The van der Waals surface area contributed by atoms with E-state index in [0.717, 1.165) is 25.8 Å². The minimum absolute atomic E-state index is 0.0370. The lowest BCUT2D eigenvalue weighted by atomic mass is 9.93. The highest BCUT2D eigenvalue weighted by molar-refractivity contribution is 6.09.